The lowest BCUT2D eigenvalue weighted by Crippen LogP contribution is -2.55. The van der Waals surface area contributed by atoms with E-state index in [1.807, 2.05) is 10.3 Å². The minimum atomic E-state index is -0.470. The number of ether oxygens (including phenoxy) is 1. The first-order chi connectivity index (χ1) is 10.6. The van der Waals surface area contributed by atoms with E-state index in [1.54, 1.807) is 11.3 Å². The number of carbonyl (C=O) groups is 2. The molecule has 1 aromatic heterocycles. The Kier molecular flexibility index (Phi) is 6.33. The Hall–Kier alpha value is -1.47. The van der Waals surface area contributed by atoms with Crippen LogP contribution in [0.25, 0.3) is 0 Å². The first kappa shape index (κ1) is 16.9. The van der Waals surface area contributed by atoms with Crippen molar-refractivity contribution >= 4 is 23.2 Å². The van der Waals surface area contributed by atoms with Crippen molar-refractivity contribution in [1.29, 1.82) is 0 Å². The topological polar surface area (TPSA) is 71.5 Å². The van der Waals surface area contributed by atoms with E-state index >= 15 is 0 Å². The smallest absolute Gasteiger partial charge is 0.307 e. The zero-order valence-corrected chi connectivity index (χ0v) is 13.9. The van der Waals surface area contributed by atoms with Gasteiger partial charge in [-0.1, -0.05) is 13.3 Å². The maximum Gasteiger partial charge on any atom is 0.307 e. The van der Waals surface area contributed by atoms with E-state index in [0.29, 0.717) is 13.1 Å². The van der Waals surface area contributed by atoms with Crippen molar-refractivity contribution in [3.63, 3.8) is 0 Å². The van der Waals surface area contributed by atoms with Crippen LogP contribution in [0.2, 0.25) is 0 Å². The predicted molar refractivity (Wildman–Crippen MR) is 84.6 cm³/mol. The molecule has 2 heterocycles. The maximum absolute atomic E-state index is 12.0. The molecular weight excluding hydrogens is 302 g/mol. The van der Waals surface area contributed by atoms with E-state index < -0.39 is 6.04 Å². The third kappa shape index (κ3) is 4.51. The Bertz CT molecular complexity index is 518. The molecule has 0 bridgehead atoms. The number of rotatable bonds is 7. The molecular formula is C15H23N3O3S. The molecule has 1 fully saturated rings. The first-order valence-corrected chi connectivity index (χ1v) is 8.53. The van der Waals surface area contributed by atoms with Crippen molar-refractivity contribution in [2.75, 3.05) is 20.2 Å². The minimum absolute atomic E-state index is 0.0785. The molecule has 1 aliphatic rings. The molecule has 0 radical (unpaired) electrons. The van der Waals surface area contributed by atoms with Crippen molar-refractivity contribution in [2.45, 2.75) is 45.2 Å². The summed E-state index contributed by atoms with van der Waals surface area (Å²) in [6.07, 6.45) is 3.38. The van der Waals surface area contributed by atoms with Gasteiger partial charge >= 0.3 is 5.97 Å². The van der Waals surface area contributed by atoms with Gasteiger partial charge < -0.3 is 10.1 Å². The monoisotopic (exact) mass is 325 g/mol. The van der Waals surface area contributed by atoms with Gasteiger partial charge in [-0.2, -0.15) is 0 Å². The number of thiazole rings is 1. The molecule has 22 heavy (non-hydrogen) atoms. The molecule has 122 valence electrons. The largest absolute Gasteiger partial charge is 0.469 e. The van der Waals surface area contributed by atoms with Gasteiger partial charge in [-0.15, -0.1) is 11.3 Å². The number of aryl methyl sites for hydroxylation is 1. The van der Waals surface area contributed by atoms with E-state index in [1.165, 1.54) is 7.11 Å². The van der Waals surface area contributed by atoms with E-state index in [-0.39, 0.29) is 18.3 Å². The Morgan fingerprint density at radius 1 is 1.59 bits per heavy atom. The van der Waals surface area contributed by atoms with Crippen LogP contribution in [0.4, 0.5) is 0 Å². The van der Waals surface area contributed by atoms with Crippen LogP contribution in [0.3, 0.4) is 0 Å². The lowest BCUT2D eigenvalue weighted by molar-refractivity contribution is -0.146. The van der Waals surface area contributed by atoms with Gasteiger partial charge in [-0.05, 0) is 12.8 Å². The molecule has 1 atom stereocenters. The molecule has 0 aromatic carbocycles. The third-order valence-corrected chi connectivity index (χ3v) is 4.70. The van der Waals surface area contributed by atoms with E-state index in [2.05, 4.69) is 22.0 Å². The average molecular weight is 325 g/mol. The van der Waals surface area contributed by atoms with Crippen molar-refractivity contribution in [2.24, 2.45) is 0 Å². The molecule has 1 N–H and O–H groups in total. The number of amides is 1. The van der Waals surface area contributed by atoms with Crippen LogP contribution in [-0.4, -0.2) is 48.0 Å². The number of methoxy groups -OCH3 is 1. The zero-order chi connectivity index (χ0) is 15.9. The Balaban J connectivity index is 2.00. The van der Waals surface area contributed by atoms with Crippen LogP contribution in [0.15, 0.2) is 5.38 Å². The molecule has 6 nitrogen and oxygen atoms in total. The lowest BCUT2D eigenvalue weighted by atomic mass is 10.1. The van der Waals surface area contributed by atoms with Crippen LogP contribution in [-0.2, 0) is 27.3 Å². The number of esters is 1. The molecule has 0 aliphatic carbocycles. The molecule has 0 unspecified atom stereocenters. The van der Waals surface area contributed by atoms with Gasteiger partial charge in [0.05, 0.1) is 24.2 Å². The predicted octanol–water partition coefficient (Wildman–Crippen LogP) is 1.35. The summed E-state index contributed by atoms with van der Waals surface area (Å²) in [4.78, 5) is 30.2. The Morgan fingerprint density at radius 2 is 2.41 bits per heavy atom. The van der Waals surface area contributed by atoms with Gasteiger partial charge in [-0.25, -0.2) is 4.98 Å². The fourth-order valence-electron chi connectivity index (χ4n) is 2.49. The van der Waals surface area contributed by atoms with Crippen molar-refractivity contribution in [3.8, 4) is 0 Å². The summed E-state index contributed by atoms with van der Waals surface area (Å²) in [5.74, 6) is -0.480. The van der Waals surface area contributed by atoms with Gasteiger partial charge in [0.25, 0.3) is 0 Å². The Morgan fingerprint density at radius 3 is 3.14 bits per heavy atom. The number of hydrogen-bond donors (Lipinski definition) is 1. The van der Waals surface area contributed by atoms with Gasteiger partial charge in [0.2, 0.25) is 5.91 Å². The second kappa shape index (κ2) is 8.24. The number of unbranched alkanes of at least 4 members (excludes halogenated alkanes) is 1. The highest BCUT2D eigenvalue weighted by atomic mass is 32.1. The number of nitrogens with zero attached hydrogens (tertiary/aromatic N) is 2. The quantitative estimate of drug-likeness (QED) is 0.766. The fourth-order valence-corrected chi connectivity index (χ4v) is 3.32. The van der Waals surface area contributed by atoms with Crippen LogP contribution in [0.5, 0.6) is 0 Å². The van der Waals surface area contributed by atoms with E-state index in [0.717, 1.165) is 36.5 Å². The molecule has 2 rings (SSSR count). The molecule has 7 heteroatoms. The summed E-state index contributed by atoms with van der Waals surface area (Å²) in [6, 6.07) is -0.470. The standard InChI is InChI=1S/C15H23N3O3S/c1-3-4-5-13-17-11(10-22-13)9-18-7-6-16-15(20)12(18)8-14(19)21-2/h10,12H,3-9H2,1-2H3,(H,16,20)/t12-/m0/s1. The molecule has 0 spiro atoms. The normalized spacial score (nSPS) is 19.0. The summed E-state index contributed by atoms with van der Waals surface area (Å²) in [7, 11) is 1.34. The third-order valence-electron chi connectivity index (χ3n) is 3.74. The van der Waals surface area contributed by atoms with Gasteiger partial charge in [0.15, 0.2) is 0 Å². The summed E-state index contributed by atoms with van der Waals surface area (Å²) in [5.41, 5.74) is 0.973. The van der Waals surface area contributed by atoms with Crippen molar-refractivity contribution in [1.82, 2.24) is 15.2 Å². The van der Waals surface area contributed by atoms with Gasteiger partial charge in [0, 0.05) is 25.0 Å². The average Bonchev–Trinajstić information content (AvgIpc) is 2.96. The lowest BCUT2D eigenvalue weighted by Gasteiger charge is -2.33. The van der Waals surface area contributed by atoms with Crippen molar-refractivity contribution < 1.29 is 14.3 Å². The van der Waals surface area contributed by atoms with Gasteiger partial charge in [-0.3, -0.25) is 14.5 Å². The minimum Gasteiger partial charge on any atom is -0.469 e. The fraction of sp³-hybridized carbons (Fsp3) is 0.667. The van der Waals surface area contributed by atoms with E-state index in [4.69, 9.17) is 0 Å². The van der Waals surface area contributed by atoms with Gasteiger partial charge in [0.1, 0.15) is 6.04 Å². The highest BCUT2D eigenvalue weighted by Gasteiger charge is 2.32. The van der Waals surface area contributed by atoms with Crippen LogP contribution >= 0.6 is 11.3 Å². The summed E-state index contributed by atoms with van der Waals surface area (Å²) in [5, 5.41) is 5.99. The SMILES string of the molecule is CCCCc1nc(CN2CCNC(=O)[C@@H]2CC(=O)OC)cs1. The first-order valence-electron chi connectivity index (χ1n) is 7.66. The van der Waals surface area contributed by atoms with Crippen LogP contribution in [0, 0.1) is 0 Å². The molecule has 1 aromatic rings. The number of piperazine rings is 1. The second-order valence-electron chi connectivity index (χ2n) is 5.39. The van der Waals surface area contributed by atoms with Crippen LogP contribution in [0.1, 0.15) is 36.9 Å². The summed E-state index contributed by atoms with van der Waals surface area (Å²) < 4.78 is 4.69. The molecule has 1 saturated heterocycles. The second-order valence-corrected chi connectivity index (χ2v) is 6.34. The maximum atomic E-state index is 12.0. The molecule has 0 saturated carbocycles. The highest BCUT2D eigenvalue weighted by Crippen LogP contribution is 2.18. The number of hydrogen-bond acceptors (Lipinski definition) is 6. The molecule has 1 aliphatic heterocycles. The highest BCUT2D eigenvalue weighted by molar-refractivity contribution is 7.09. The van der Waals surface area contributed by atoms with Crippen LogP contribution < -0.4 is 5.32 Å². The summed E-state index contributed by atoms with van der Waals surface area (Å²) in [6.45, 7) is 4.08. The zero-order valence-electron chi connectivity index (χ0n) is 13.1. The summed E-state index contributed by atoms with van der Waals surface area (Å²) >= 11 is 1.67. The Labute approximate surface area is 134 Å². The molecule has 1 amide bonds. The van der Waals surface area contributed by atoms with E-state index in [9.17, 15) is 9.59 Å². The number of aromatic nitrogens is 1. The number of nitrogens with one attached hydrogen (secondary N) is 1. The van der Waals surface area contributed by atoms with Crippen molar-refractivity contribution in [3.05, 3.63) is 16.1 Å². The number of carbonyl (C=O) groups excluding carboxylic acids is 2.